The molecule has 0 aliphatic carbocycles. The minimum Gasteiger partial charge on any atom is -0.408 e. The van der Waals surface area contributed by atoms with Crippen LogP contribution in [0.25, 0.3) is 11.1 Å². The highest BCUT2D eigenvalue weighted by molar-refractivity contribution is 9.10. The third kappa shape index (κ3) is 2.17. The minimum atomic E-state index is -0.459. The van der Waals surface area contributed by atoms with Gasteiger partial charge in [0.05, 0.1) is 9.99 Å². The Balaban J connectivity index is 2.14. The van der Waals surface area contributed by atoms with Gasteiger partial charge in [-0.25, -0.2) is 4.79 Å². The van der Waals surface area contributed by atoms with E-state index in [1.54, 1.807) is 43.4 Å². The van der Waals surface area contributed by atoms with Gasteiger partial charge in [-0.3, -0.25) is 9.36 Å². The van der Waals surface area contributed by atoms with Crippen LogP contribution in [-0.2, 0) is 7.05 Å². The average molecular weight is 347 g/mol. The van der Waals surface area contributed by atoms with Crippen molar-refractivity contribution in [1.29, 1.82) is 0 Å². The number of nitrogen functional groups attached to an aromatic ring is 1. The first kappa shape index (κ1) is 13.6. The van der Waals surface area contributed by atoms with Gasteiger partial charge in [0.15, 0.2) is 11.4 Å². The number of halogens is 1. The topological polar surface area (TPSA) is 78.2 Å². The van der Waals surface area contributed by atoms with Gasteiger partial charge in [0.2, 0.25) is 0 Å². The largest absolute Gasteiger partial charge is 0.419 e. The number of anilines is 1. The number of oxazole rings is 1. The van der Waals surface area contributed by atoms with Crippen LogP contribution in [0, 0.1) is 0 Å². The molecule has 2 N–H and O–H groups in total. The molecule has 0 aliphatic heterocycles. The minimum absolute atomic E-state index is 0.192. The highest BCUT2D eigenvalue weighted by Crippen LogP contribution is 2.26. The molecule has 0 fully saturated rings. The number of benzene rings is 2. The standard InChI is InChI=1S/C15H11BrN2O3/c1-18-11-6-5-8(7-12(11)21-15(18)20)14(19)9-3-2-4-10(17)13(9)16/h2-7H,17H2,1H3. The maximum atomic E-state index is 12.5. The summed E-state index contributed by atoms with van der Waals surface area (Å²) >= 11 is 3.32. The van der Waals surface area contributed by atoms with Crippen molar-refractivity contribution in [2.45, 2.75) is 0 Å². The lowest BCUT2D eigenvalue weighted by molar-refractivity contribution is 0.103. The summed E-state index contributed by atoms with van der Waals surface area (Å²) in [4.78, 5) is 24.0. The summed E-state index contributed by atoms with van der Waals surface area (Å²) < 4.78 is 7.05. The molecule has 0 radical (unpaired) electrons. The van der Waals surface area contributed by atoms with E-state index in [9.17, 15) is 9.59 Å². The Kier molecular flexibility index (Phi) is 3.17. The number of aryl methyl sites for hydroxylation is 1. The third-order valence-electron chi connectivity index (χ3n) is 3.33. The maximum Gasteiger partial charge on any atom is 0.419 e. The van der Waals surface area contributed by atoms with Crippen molar-refractivity contribution < 1.29 is 9.21 Å². The first-order valence-corrected chi connectivity index (χ1v) is 6.96. The van der Waals surface area contributed by atoms with Gasteiger partial charge in [-0.15, -0.1) is 0 Å². The van der Waals surface area contributed by atoms with Crippen LogP contribution in [-0.4, -0.2) is 10.4 Å². The van der Waals surface area contributed by atoms with E-state index in [1.165, 1.54) is 4.57 Å². The van der Waals surface area contributed by atoms with Crippen LogP contribution in [0.15, 0.2) is 50.1 Å². The van der Waals surface area contributed by atoms with Crippen molar-refractivity contribution in [2.24, 2.45) is 7.05 Å². The number of hydrogen-bond donors (Lipinski definition) is 1. The Morgan fingerprint density at radius 2 is 2.05 bits per heavy atom. The van der Waals surface area contributed by atoms with E-state index in [0.29, 0.717) is 32.4 Å². The van der Waals surface area contributed by atoms with E-state index in [-0.39, 0.29) is 5.78 Å². The summed E-state index contributed by atoms with van der Waals surface area (Å²) in [5, 5.41) is 0. The second-order valence-corrected chi connectivity index (χ2v) is 5.44. The van der Waals surface area contributed by atoms with Gasteiger partial charge in [-0.05, 0) is 46.3 Å². The molecule has 1 aromatic heterocycles. The van der Waals surface area contributed by atoms with E-state index >= 15 is 0 Å². The Bertz CT molecular complexity index is 924. The highest BCUT2D eigenvalue weighted by atomic mass is 79.9. The molecule has 0 spiro atoms. The average Bonchev–Trinajstić information content (AvgIpc) is 2.76. The van der Waals surface area contributed by atoms with Crippen LogP contribution in [0.2, 0.25) is 0 Å². The summed E-state index contributed by atoms with van der Waals surface area (Å²) in [5.41, 5.74) is 8.21. The van der Waals surface area contributed by atoms with Crippen molar-refractivity contribution in [3.8, 4) is 0 Å². The van der Waals surface area contributed by atoms with Gasteiger partial charge in [0.1, 0.15) is 0 Å². The molecule has 0 amide bonds. The Hall–Kier alpha value is -2.34. The summed E-state index contributed by atoms with van der Waals surface area (Å²) in [6.07, 6.45) is 0. The number of nitrogens with zero attached hydrogens (tertiary/aromatic N) is 1. The van der Waals surface area contributed by atoms with Crippen molar-refractivity contribution in [2.75, 3.05) is 5.73 Å². The van der Waals surface area contributed by atoms with Crippen molar-refractivity contribution in [3.05, 3.63) is 62.5 Å². The van der Waals surface area contributed by atoms with Crippen LogP contribution >= 0.6 is 15.9 Å². The van der Waals surface area contributed by atoms with Crippen molar-refractivity contribution in [3.63, 3.8) is 0 Å². The monoisotopic (exact) mass is 346 g/mol. The second kappa shape index (κ2) is 4.89. The SMILES string of the molecule is Cn1c(=O)oc2cc(C(=O)c3cccc(N)c3Br)ccc21. The molecular formula is C15H11BrN2O3. The second-order valence-electron chi connectivity index (χ2n) is 4.65. The van der Waals surface area contributed by atoms with E-state index in [1.807, 2.05) is 0 Å². The Labute approximate surface area is 128 Å². The zero-order chi connectivity index (χ0) is 15.1. The normalized spacial score (nSPS) is 11.0. The zero-order valence-corrected chi connectivity index (χ0v) is 12.7. The van der Waals surface area contributed by atoms with Gasteiger partial charge in [-0.1, -0.05) is 6.07 Å². The van der Waals surface area contributed by atoms with Gasteiger partial charge in [0, 0.05) is 23.9 Å². The zero-order valence-electron chi connectivity index (χ0n) is 11.1. The number of carbonyl (C=O) groups is 1. The molecule has 3 rings (SSSR count). The molecule has 0 bridgehead atoms. The number of carbonyl (C=O) groups excluding carboxylic acids is 1. The van der Waals surface area contributed by atoms with E-state index in [2.05, 4.69) is 15.9 Å². The van der Waals surface area contributed by atoms with Gasteiger partial charge in [-0.2, -0.15) is 0 Å². The smallest absolute Gasteiger partial charge is 0.408 e. The van der Waals surface area contributed by atoms with Gasteiger partial charge < -0.3 is 10.2 Å². The van der Waals surface area contributed by atoms with Crippen LogP contribution < -0.4 is 11.5 Å². The lowest BCUT2D eigenvalue weighted by Gasteiger charge is -2.06. The Morgan fingerprint density at radius 1 is 1.29 bits per heavy atom. The molecule has 0 saturated carbocycles. The summed E-state index contributed by atoms with van der Waals surface area (Å²) in [7, 11) is 1.62. The van der Waals surface area contributed by atoms with Gasteiger partial charge >= 0.3 is 5.76 Å². The van der Waals surface area contributed by atoms with Crippen LogP contribution in [0.4, 0.5) is 5.69 Å². The molecule has 2 aromatic carbocycles. The van der Waals surface area contributed by atoms with Crippen LogP contribution in [0.1, 0.15) is 15.9 Å². The molecule has 21 heavy (non-hydrogen) atoms. The molecule has 3 aromatic rings. The van der Waals surface area contributed by atoms with Crippen LogP contribution in [0.3, 0.4) is 0 Å². The van der Waals surface area contributed by atoms with E-state index in [4.69, 9.17) is 10.2 Å². The molecule has 0 saturated heterocycles. The van der Waals surface area contributed by atoms with E-state index < -0.39 is 5.76 Å². The summed E-state index contributed by atoms with van der Waals surface area (Å²) in [5.74, 6) is -0.651. The number of nitrogens with two attached hydrogens (primary N) is 1. The fraction of sp³-hybridized carbons (Fsp3) is 0.0667. The molecule has 106 valence electrons. The number of aromatic nitrogens is 1. The molecule has 0 aliphatic rings. The first-order chi connectivity index (χ1) is 9.99. The number of fused-ring (bicyclic) bond motifs is 1. The quantitative estimate of drug-likeness (QED) is 0.571. The predicted octanol–water partition coefficient (Wildman–Crippen LogP) is 2.71. The molecule has 0 unspecified atom stereocenters. The fourth-order valence-corrected chi connectivity index (χ4v) is 2.60. The highest BCUT2D eigenvalue weighted by Gasteiger charge is 2.16. The number of ketones is 1. The van der Waals surface area contributed by atoms with Gasteiger partial charge in [0.25, 0.3) is 0 Å². The first-order valence-electron chi connectivity index (χ1n) is 6.17. The Morgan fingerprint density at radius 3 is 2.81 bits per heavy atom. The number of hydrogen-bond acceptors (Lipinski definition) is 4. The third-order valence-corrected chi connectivity index (χ3v) is 4.21. The maximum absolute atomic E-state index is 12.5. The molecule has 1 heterocycles. The number of rotatable bonds is 2. The van der Waals surface area contributed by atoms with E-state index in [0.717, 1.165) is 0 Å². The lowest BCUT2D eigenvalue weighted by atomic mass is 10.0. The molecular weight excluding hydrogens is 336 g/mol. The lowest BCUT2D eigenvalue weighted by Crippen LogP contribution is -2.08. The molecule has 5 nitrogen and oxygen atoms in total. The predicted molar refractivity (Wildman–Crippen MR) is 83.4 cm³/mol. The molecule has 0 atom stereocenters. The fourth-order valence-electron chi connectivity index (χ4n) is 2.16. The van der Waals surface area contributed by atoms with Crippen molar-refractivity contribution in [1.82, 2.24) is 4.57 Å². The molecule has 6 heteroatoms. The summed E-state index contributed by atoms with van der Waals surface area (Å²) in [6.45, 7) is 0. The van der Waals surface area contributed by atoms with Crippen molar-refractivity contribution >= 4 is 38.5 Å². The van der Waals surface area contributed by atoms with Crippen LogP contribution in [0.5, 0.6) is 0 Å². The summed E-state index contributed by atoms with van der Waals surface area (Å²) in [6, 6.07) is 10.0.